The second-order valence-corrected chi connectivity index (χ2v) is 7.65. The average molecular weight is 354 g/mol. The molecule has 1 atom stereocenters. The number of hydrogen-bond donors (Lipinski definition) is 1. The fraction of sp³-hybridized carbons (Fsp3) is 0.500. The highest BCUT2D eigenvalue weighted by Crippen LogP contribution is 2.22. The van der Waals surface area contributed by atoms with Crippen molar-refractivity contribution in [2.75, 3.05) is 13.1 Å². The van der Waals surface area contributed by atoms with Crippen LogP contribution in [-0.4, -0.2) is 23.9 Å². The molecule has 0 spiro atoms. The van der Waals surface area contributed by atoms with Gasteiger partial charge in [-0.3, -0.25) is 9.69 Å². The number of nitrogens with one attached hydrogen (secondary N) is 1. The lowest BCUT2D eigenvalue weighted by atomic mass is 9.99. The number of furan rings is 1. The molecular formula is C22H30N2O2. The number of piperidine rings is 1. The predicted octanol–water partition coefficient (Wildman–Crippen LogP) is 4.37. The Balaban J connectivity index is 1.67. The minimum absolute atomic E-state index is 0.0572. The molecule has 1 aromatic carbocycles. The number of rotatable bonds is 5. The molecule has 2 aromatic rings. The molecule has 1 aliphatic rings. The zero-order valence-corrected chi connectivity index (χ0v) is 16.4. The molecule has 1 fully saturated rings. The van der Waals surface area contributed by atoms with Crippen LogP contribution in [0.2, 0.25) is 0 Å². The van der Waals surface area contributed by atoms with Crippen LogP contribution >= 0.6 is 0 Å². The molecular weight excluding hydrogens is 324 g/mol. The summed E-state index contributed by atoms with van der Waals surface area (Å²) in [4.78, 5) is 15.2. The first-order chi connectivity index (χ1) is 12.5. The molecule has 1 aliphatic heterocycles. The zero-order valence-electron chi connectivity index (χ0n) is 16.4. The van der Waals surface area contributed by atoms with Crippen molar-refractivity contribution < 1.29 is 9.21 Å². The fourth-order valence-corrected chi connectivity index (χ4v) is 3.95. The Morgan fingerprint density at radius 3 is 2.58 bits per heavy atom. The van der Waals surface area contributed by atoms with Gasteiger partial charge in [-0.1, -0.05) is 31.2 Å². The molecule has 3 rings (SSSR count). The van der Waals surface area contributed by atoms with Crippen LogP contribution in [0.25, 0.3) is 0 Å². The van der Waals surface area contributed by atoms with Crippen LogP contribution in [0.4, 0.5) is 0 Å². The number of carbonyl (C=O) groups excluding carboxylic acids is 1. The van der Waals surface area contributed by atoms with Crippen LogP contribution in [-0.2, 0) is 13.1 Å². The Hall–Kier alpha value is -2.07. The third kappa shape index (κ3) is 4.18. The molecule has 0 radical (unpaired) electrons. The van der Waals surface area contributed by atoms with Gasteiger partial charge in [0.05, 0.1) is 5.56 Å². The largest absolute Gasteiger partial charge is 0.466 e. The molecule has 26 heavy (non-hydrogen) atoms. The maximum Gasteiger partial charge on any atom is 0.255 e. The van der Waals surface area contributed by atoms with Gasteiger partial charge in [0, 0.05) is 25.2 Å². The Labute approximate surface area is 156 Å². The molecule has 0 bridgehead atoms. The fourth-order valence-electron chi connectivity index (χ4n) is 3.95. The first kappa shape index (κ1) is 18.7. The maximum absolute atomic E-state index is 12.6. The molecule has 4 heteroatoms. The van der Waals surface area contributed by atoms with E-state index in [4.69, 9.17) is 4.42 Å². The van der Waals surface area contributed by atoms with Crippen LogP contribution < -0.4 is 5.32 Å². The molecule has 2 heterocycles. The van der Waals surface area contributed by atoms with Crippen molar-refractivity contribution in [3.8, 4) is 0 Å². The van der Waals surface area contributed by atoms with Crippen molar-refractivity contribution >= 4 is 5.91 Å². The van der Waals surface area contributed by atoms with Gasteiger partial charge in [0.15, 0.2) is 0 Å². The molecule has 0 aliphatic carbocycles. The van der Waals surface area contributed by atoms with Crippen LogP contribution in [0.15, 0.2) is 28.7 Å². The number of hydrogen-bond acceptors (Lipinski definition) is 3. The van der Waals surface area contributed by atoms with Gasteiger partial charge in [0.2, 0.25) is 0 Å². The van der Waals surface area contributed by atoms with Crippen molar-refractivity contribution in [1.29, 1.82) is 0 Å². The standard InChI is InChI=1S/C22H30N2O2/c1-15-8-7-11-24(13-15)14-20-10-6-5-9-19(20)12-23-22(25)21-16(2)17(3)26-18(21)4/h5-6,9-10,15H,7-8,11-14H2,1-4H3,(H,23,25). The van der Waals surface area contributed by atoms with E-state index in [1.807, 2.05) is 26.8 Å². The SMILES string of the molecule is Cc1oc(C)c(C(=O)NCc2ccccc2CN2CCCC(C)C2)c1C. The van der Waals surface area contributed by atoms with E-state index < -0.39 is 0 Å². The normalized spacial score (nSPS) is 18.1. The number of nitrogens with zero attached hydrogens (tertiary/aromatic N) is 1. The van der Waals surface area contributed by atoms with E-state index in [1.165, 1.54) is 24.0 Å². The van der Waals surface area contributed by atoms with Crippen molar-refractivity contribution in [3.63, 3.8) is 0 Å². The van der Waals surface area contributed by atoms with Gasteiger partial charge in [0.25, 0.3) is 5.91 Å². The van der Waals surface area contributed by atoms with Crippen molar-refractivity contribution in [1.82, 2.24) is 10.2 Å². The monoisotopic (exact) mass is 354 g/mol. The van der Waals surface area contributed by atoms with Crippen molar-refractivity contribution in [2.45, 2.75) is 53.6 Å². The highest BCUT2D eigenvalue weighted by atomic mass is 16.3. The van der Waals surface area contributed by atoms with E-state index in [0.717, 1.165) is 36.9 Å². The van der Waals surface area contributed by atoms with Crippen LogP contribution in [0.5, 0.6) is 0 Å². The van der Waals surface area contributed by atoms with E-state index in [9.17, 15) is 4.79 Å². The Morgan fingerprint density at radius 2 is 1.92 bits per heavy atom. The van der Waals surface area contributed by atoms with Gasteiger partial charge in [-0.25, -0.2) is 0 Å². The van der Waals surface area contributed by atoms with E-state index in [2.05, 4.69) is 35.3 Å². The average Bonchev–Trinajstić information content (AvgIpc) is 2.86. The molecule has 1 unspecified atom stereocenters. The van der Waals surface area contributed by atoms with Gasteiger partial charge in [0.1, 0.15) is 11.5 Å². The first-order valence-electron chi connectivity index (χ1n) is 9.59. The highest BCUT2D eigenvalue weighted by Gasteiger charge is 2.20. The lowest BCUT2D eigenvalue weighted by Crippen LogP contribution is -2.34. The van der Waals surface area contributed by atoms with E-state index >= 15 is 0 Å². The minimum atomic E-state index is -0.0572. The summed E-state index contributed by atoms with van der Waals surface area (Å²) in [7, 11) is 0. The third-order valence-electron chi connectivity index (χ3n) is 5.48. The highest BCUT2D eigenvalue weighted by molar-refractivity contribution is 5.96. The summed E-state index contributed by atoms with van der Waals surface area (Å²) in [6.45, 7) is 11.8. The van der Waals surface area contributed by atoms with Gasteiger partial charge >= 0.3 is 0 Å². The first-order valence-corrected chi connectivity index (χ1v) is 9.59. The zero-order chi connectivity index (χ0) is 18.7. The van der Waals surface area contributed by atoms with Gasteiger partial charge in [-0.05, 0) is 57.2 Å². The molecule has 1 aromatic heterocycles. The van der Waals surface area contributed by atoms with Gasteiger partial charge in [-0.2, -0.15) is 0 Å². The lowest BCUT2D eigenvalue weighted by Gasteiger charge is -2.31. The molecule has 1 amide bonds. The summed E-state index contributed by atoms with van der Waals surface area (Å²) in [5, 5.41) is 3.08. The number of carbonyl (C=O) groups is 1. The van der Waals surface area contributed by atoms with Crippen molar-refractivity contribution in [3.05, 3.63) is 58.0 Å². The summed E-state index contributed by atoms with van der Waals surface area (Å²) in [5.41, 5.74) is 4.09. The van der Waals surface area contributed by atoms with Crippen LogP contribution in [0.1, 0.15) is 58.3 Å². The third-order valence-corrected chi connectivity index (χ3v) is 5.48. The summed E-state index contributed by atoms with van der Waals surface area (Å²) in [5.74, 6) is 2.21. The number of likely N-dealkylation sites (tertiary alicyclic amines) is 1. The van der Waals surface area contributed by atoms with Crippen molar-refractivity contribution in [2.24, 2.45) is 5.92 Å². The Kier molecular flexibility index (Phi) is 5.82. The second-order valence-electron chi connectivity index (χ2n) is 7.65. The number of benzene rings is 1. The topological polar surface area (TPSA) is 45.5 Å². The summed E-state index contributed by atoms with van der Waals surface area (Å²) < 4.78 is 5.59. The van der Waals surface area contributed by atoms with Gasteiger partial charge in [-0.15, -0.1) is 0 Å². The smallest absolute Gasteiger partial charge is 0.255 e. The van der Waals surface area contributed by atoms with E-state index in [0.29, 0.717) is 17.9 Å². The summed E-state index contributed by atoms with van der Waals surface area (Å²) in [6, 6.07) is 8.42. The molecule has 4 nitrogen and oxygen atoms in total. The lowest BCUT2D eigenvalue weighted by molar-refractivity contribution is 0.0948. The Bertz CT molecular complexity index is 778. The summed E-state index contributed by atoms with van der Waals surface area (Å²) >= 11 is 0. The van der Waals surface area contributed by atoms with Crippen LogP contribution in [0.3, 0.4) is 0 Å². The predicted molar refractivity (Wildman–Crippen MR) is 104 cm³/mol. The minimum Gasteiger partial charge on any atom is -0.466 e. The summed E-state index contributed by atoms with van der Waals surface area (Å²) in [6.07, 6.45) is 2.61. The Morgan fingerprint density at radius 1 is 1.19 bits per heavy atom. The molecule has 1 N–H and O–H groups in total. The number of amides is 1. The molecule has 1 saturated heterocycles. The number of aryl methyl sites for hydroxylation is 2. The van der Waals surface area contributed by atoms with E-state index in [-0.39, 0.29) is 5.91 Å². The molecule has 0 saturated carbocycles. The molecule has 140 valence electrons. The van der Waals surface area contributed by atoms with Gasteiger partial charge < -0.3 is 9.73 Å². The quantitative estimate of drug-likeness (QED) is 0.867. The van der Waals surface area contributed by atoms with E-state index in [1.54, 1.807) is 0 Å². The maximum atomic E-state index is 12.6. The second kappa shape index (κ2) is 8.09. The van der Waals surface area contributed by atoms with Crippen LogP contribution in [0, 0.1) is 26.7 Å².